The Balaban J connectivity index is 1.55. The maximum absolute atomic E-state index is 12.7. The lowest BCUT2D eigenvalue weighted by molar-refractivity contribution is 0.102. The van der Waals surface area contributed by atoms with E-state index in [1.54, 1.807) is 54.6 Å². The quantitative estimate of drug-likeness (QED) is 0.500. The highest BCUT2D eigenvalue weighted by Crippen LogP contribution is 2.28. The summed E-state index contributed by atoms with van der Waals surface area (Å²) >= 11 is 1.41. The summed E-state index contributed by atoms with van der Waals surface area (Å²) in [6.07, 6.45) is 0. The third-order valence-corrected chi connectivity index (χ3v) is 7.13. The number of sulfone groups is 1. The fourth-order valence-electron chi connectivity index (χ4n) is 3.04. The molecule has 0 radical (unpaired) electrons. The molecule has 5 nitrogen and oxygen atoms in total. The molecule has 3 aromatic carbocycles. The maximum atomic E-state index is 12.7. The molecule has 1 heterocycles. The molecule has 0 bridgehead atoms. The van der Waals surface area contributed by atoms with Gasteiger partial charge < -0.3 is 0 Å². The summed E-state index contributed by atoms with van der Waals surface area (Å²) in [6.45, 7) is 1.98. The first kappa shape index (κ1) is 19.3. The van der Waals surface area contributed by atoms with E-state index in [0.717, 1.165) is 15.8 Å². The van der Waals surface area contributed by atoms with E-state index >= 15 is 0 Å². The van der Waals surface area contributed by atoms with Crippen LogP contribution in [-0.4, -0.2) is 19.3 Å². The van der Waals surface area contributed by atoms with Crippen molar-refractivity contribution in [3.8, 4) is 0 Å². The maximum Gasteiger partial charge on any atom is 0.257 e. The summed E-state index contributed by atoms with van der Waals surface area (Å²) < 4.78 is 26.2. The number of fused-ring (bicyclic) bond motifs is 1. The van der Waals surface area contributed by atoms with Gasteiger partial charge in [-0.2, -0.15) is 0 Å². The van der Waals surface area contributed by atoms with Gasteiger partial charge in [-0.1, -0.05) is 53.8 Å². The first-order valence-electron chi connectivity index (χ1n) is 8.97. The van der Waals surface area contributed by atoms with Gasteiger partial charge in [0.15, 0.2) is 15.0 Å². The van der Waals surface area contributed by atoms with Crippen LogP contribution in [0.2, 0.25) is 0 Å². The number of hydrogen-bond acceptors (Lipinski definition) is 5. The summed E-state index contributed by atoms with van der Waals surface area (Å²) in [7, 11) is -3.48. The number of carbonyl (C=O) groups is 1. The molecule has 0 aliphatic heterocycles. The molecule has 1 N–H and O–H groups in total. The third kappa shape index (κ3) is 4.21. The second-order valence-electron chi connectivity index (χ2n) is 6.67. The van der Waals surface area contributed by atoms with Gasteiger partial charge in [-0.05, 0) is 48.4 Å². The van der Waals surface area contributed by atoms with Crippen LogP contribution in [0, 0.1) is 6.92 Å². The lowest BCUT2D eigenvalue weighted by Gasteiger charge is -2.07. The van der Waals surface area contributed by atoms with E-state index < -0.39 is 9.84 Å². The van der Waals surface area contributed by atoms with Crippen LogP contribution in [-0.2, 0) is 15.6 Å². The van der Waals surface area contributed by atoms with Crippen LogP contribution in [0.4, 0.5) is 5.13 Å². The molecule has 1 amide bonds. The van der Waals surface area contributed by atoms with Gasteiger partial charge in [0.25, 0.3) is 5.91 Å². The molecule has 7 heteroatoms. The van der Waals surface area contributed by atoms with Crippen molar-refractivity contribution in [2.45, 2.75) is 17.6 Å². The number of amides is 1. The Bertz CT molecular complexity index is 1300. The highest BCUT2D eigenvalue weighted by molar-refractivity contribution is 7.90. The molecule has 146 valence electrons. The summed E-state index contributed by atoms with van der Waals surface area (Å²) in [5.74, 6) is -0.487. The fraction of sp³-hybridized carbons (Fsp3) is 0.0909. The largest absolute Gasteiger partial charge is 0.298 e. The lowest BCUT2D eigenvalue weighted by Crippen LogP contribution is -2.12. The van der Waals surface area contributed by atoms with Gasteiger partial charge in [-0.15, -0.1) is 0 Å². The van der Waals surface area contributed by atoms with Crippen LogP contribution in [0.25, 0.3) is 10.2 Å². The Morgan fingerprint density at radius 3 is 2.52 bits per heavy atom. The first-order chi connectivity index (χ1) is 13.9. The van der Waals surface area contributed by atoms with Crippen molar-refractivity contribution in [1.82, 2.24) is 4.98 Å². The number of aromatic nitrogens is 1. The van der Waals surface area contributed by atoms with E-state index in [0.29, 0.717) is 16.3 Å². The minimum absolute atomic E-state index is 0.168. The SMILES string of the molecule is Cc1cccc2sc(NC(=O)c3cccc(CS(=O)(=O)c4ccccc4)c3)nc12. The number of para-hydroxylation sites is 1. The van der Waals surface area contributed by atoms with E-state index in [-0.39, 0.29) is 16.6 Å². The molecule has 0 fully saturated rings. The number of carbonyl (C=O) groups excluding carboxylic acids is 1. The summed E-state index contributed by atoms with van der Waals surface area (Å²) in [5.41, 5.74) is 2.87. The van der Waals surface area contributed by atoms with E-state index in [9.17, 15) is 13.2 Å². The Kier molecular flexibility index (Phi) is 5.17. The second-order valence-corrected chi connectivity index (χ2v) is 9.69. The van der Waals surface area contributed by atoms with Gasteiger partial charge in [0, 0.05) is 5.56 Å². The molecule has 0 unspecified atom stereocenters. The van der Waals surface area contributed by atoms with Crippen LogP contribution in [0.3, 0.4) is 0 Å². The Labute approximate surface area is 173 Å². The number of benzene rings is 3. The summed E-state index contributed by atoms with van der Waals surface area (Å²) in [5, 5.41) is 3.33. The highest BCUT2D eigenvalue weighted by atomic mass is 32.2. The van der Waals surface area contributed by atoms with Gasteiger partial charge in [0.05, 0.1) is 20.9 Å². The van der Waals surface area contributed by atoms with Crippen molar-refractivity contribution in [3.63, 3.8) is 0 Å². The van der Waals surface area contributed by atoms with Gasteiger partial charge in [-0.3, -0.25) is 10.1 Å². The number of thiazole rings is 1. The fourth-order valence-corrected chi connectivity index (χ4v) is 5.34. The van der Waals surface area contributed by atoms with Gasteiger partial charge in [-0.25, -0.2) is 13.4 Å². The Morgan fingerprint density at radius 1 is 1.00 bits per heavy atom. The van der Waals surface area contributed by atoms with Crippen molar-refractivity contribution in [2.24, 2.45) is 0 Å². The number of nitrogens with zero attached hydrogens (tertiary/aromatic N) is 1. The molecule has 0 aliphatic rings. The molecule has 4 aromatic rings. The minimum Gasteiger partial charge on any atom is -0.298 e. The molecular formula is C22H18N2O3S2. The average molecular weight is 423 g/mol. The van der Waals surface area contributed by atoms with Gasteiger partial charge >= 0.3 is 0 Å². The number of aryl methyl sites for hydroxylation is 1. The van der Waals surface area contributed by atoms with Crippen molar-refractivity contribution >= 4 is 42.4 Å². The smallest absolute Gasteiger partial charge is 0.257 e. The van der Waals surface area contributed by atoms with Crippen molar-refractivity contribution in [3.05, 3.63) is 89.5 Å². The molecule has 0 saturated heterocycles. The van der Waals surface area contributed by atoms with E-state index in [4.69, 9.17) is 0 Å². The van der Waals surface area contributed by atoms with Crippen LogP contribution in [0.15, 0.2) is 77.7 Å². The zero-order valence-corrected chi connectivity index (χ0v) is 17.3. The predicted octanol–water partition coefficient (Wildman–Crippen LogP) is 4.83. The van der Waals surface area contributed by atoms with Crippen LogP contribution >= 0.6 is 11.3 Å². The highest BCUT2D eigenvalue weighted by Gasteiger charge is 2.17. The van der Waals surface area contributed by atoms with Crippen LogP contribution in [0.1, 0.15) is 21.5 Å². The van der Waals surface area contributed by atoms with Gasteiger partial charge in [0.2, 0.25) is 0 Å². The number of nitrogens with one attached hydrogen (secondary N) is 1. The molecule has 29 heavy (non-hydrogen) atoms. The lowest BCUT2D eigenvalue weighted by atomic mass is 10.1. The molecule has 0 atom stereocenters. The molecular weight excluding hydrogens is 404 g/mol. The zero-order valence-electron chi connectivity index (χ0n) is 15.6. The van der Waals surface area contributed by atoms with E-state index in [1.807, 2.05) is 25.1 Å². The third-order valence-electron chi connectivity index (χ3n) is 4.49. The van der Waals surface area contributed by atoms with Crippen molar-refractivity contribution in [1.29, 1.82) is 0 Å². The monoisotopic (exact) mass is 422 g/mol. The first-order valence-corrected chi connectivity index (χ1v) is 11.4. The zero-order chi connectivity index (χ0) is 20.4. The summed E-state index contributed by atoms with van der Waals surface area (Å²) in [6, 6.07) is 20.8. The summed E-state index contributed by atoms with van der Waals surface area (Å²) in [4.78, 5) is 17.4. The van der Waals surface area contributed by atoms with Gasteiger partial charge in [0.1, 0.15) is 0 Å². The number of anilines is 1. The van der Waals surface area contributed by atoms with E-state index in [2.05, 4.69) is 10.3 Å². The Hall–Kier alpha value is -3.03. The van der Waals surface area contributed by atoms with E-state index in [1.165, 1.54) is 11.3 Å². The number of rotatable bonds is 5. The number of hydrogen-bond donors (Lipinski definition) is 1. The van der Waals surface area contributed by atoms with Crippen LogP contribution < -0.4 is 5.32 Å². The average Bonchev–Trinajstić information content (AvgIpc) is 3.12. The molecule has 0 spiro atoms. The van der Waals surface area contributed by atoms with Crippen molar-refractivity contribution < 1.29 is 13.2 Å². The standard InChI is InChI=1S/C22H18N2O3S2/c1-15-7-5-12-19-20(15)23-22(28-19)24-21(25)17-9-6-8-16(13-17)14-29(26,27)18-10-3-2-4-11-18/h2-13H,14H2,1H3,(H,23,24,25). The normalized spacial score (nSPS) is 11.5. The van der Waals surface area contributed by atoms with Crippen LogP contribution in [0.5, 0.6) is 0 Å². The predicted molar refractivity (Wildman–Crippen MR) is 116 cm³/mol. The molecule has 4 rings (SSSR count). The van der Waals surface area contributed by atoms with Crippen molar-refractivity contribution in [2.75, 3.05) is 5.32 Å². The second kappa shape index (κ2) is 7.77. The molecule has 1 aromatic heterocycles. The minimum atomic E-state index is -3.48. The molecule has 0 saturated carbocycles. The Morgan fingerprint density at radius 2 is 1.76 bits per heavy atom. The molecule has 0 aliphatic carbocycles. The topological polar surface area (TPSA) is 76.1 Å².